The van der Waals surface area contributed by atoms with Crippen molar-refractivity contribution in [2.45, 2.75) is 133 Å². The summed E-state index contributed by atoms with van der Waals surface area (Å²) in [5.74, 6) is 1.69. The number of carbonyl (C=O) groups excluding carboxylic acids is 2. The molecule has 12 rings (SSSR count). The maximum Gasteiger partial charge on any atom is 0.270 e. The molecule has 1 saturated heterocycles. The third kappa shape index (κ3) is 9.42. The van der Waals surface area contributed by atoms with Crippen LogP contribution in [0.4, 0.5) is 22.7 Å². The molecular formula is C56H61Cl2N11O2. The van der Waals surface area contributed by atoms with Gasteiger partial charge in [0.15, 0.2) is 0 Å². The first-order chi connectivity index (χ1) is 34.6. The Labute approximate surface area is 427 Å². The number of benzene rings is 2. The predicted molar refractivity (Wildman–Crippen MR) is 280 cm³/mol. The molecule has 2 aromatic carbocycles. The Bertz CT molecular complexity index is 2870. The molecule has 0 bridgehead atoms. The lowest BCUT2D eigenvalue weighted by atomic mass is 9.76. The fourth-order valence-corrected chi connectivity index (χ4v) is 13.6. The Morgan fingerprint density at radius 2 is 1.04 bits per heavy atom. The van der Waals surface area contributed by atoms with Crippen LogP contribution in [0.2, 0.25) is 10.0 Å². The van der Waals surface area contributed by atoms with Gasteiger partial charge in [0.1, 0.15) is 11.4 Å². The van der Waals surface area contributed by atoms with Gasteiger partial charge in [-0.2, -0.15) is 10.2 Å². The van der Waals surface area contributed by atoms with Crippen LogP contribution in [-0.4, -0.2) is 82.4 Å². The van der Waals surface area contributed by atoms with E-state index in [1.165, 1.54) is 64.2 Å². The number of carbonyl (C=O) groups is 2. The molecule has 4 unspecified atom stereocenters. The molecule has 2 aromatic heterocycles. The van der Waals surface area contributed by atoms with Crippen LogP contribution in [0.15, 0.2) is 70.9 Å². The number of likely N-dealkylation sites (tertiary alicyclic amines) is 1. The number of pyridine rings is 2. The van der Waals surface area contributed by atoms with Crippen molar-refractivity contribution in [1.82, 2.24) is 25.5 Å². The zero-order chi connectivity index (χ0) is 48.8. The monoisotopic (exact) mass is 989 g/mol. The normalized spacial score (nSPS) is 25.0. The molecular weight excluding hydrogens is 930 g/mol. The van der Waals surface area contributed by atoms with Crippen molar-refractivity contribution in [2.24, 2.45) is 33.9 Å². The van der Waals surface area contributed by atoms with Crippen LogP contribution in [0, 0.1) is 36.8 Å². The summed E-state index contributed by atoms with van der Waals surface area (Å²) < 4.78 is 0. The Hall–Kier alpha value is -5.86. The van der Waals surface area contributed by atoms with Crippen molar-refractivity contribution >= 4 is 69.2 Å². The van der Waals surface area contributed by atoms with Crippen LogP contribution in [0.25, 0.3) is 9.69 Å². The molecule has 3 aliphatic heterocycles. The maximum absolute atomic E-state index is 12.9. The van der Waals surface area contributed by atoms with Crippen molar-refractivity contribution in [2.75, 3.05) is 30.2 Å². The molecule has 5 atom stereocenters. The number of nitrogens with one attached hydrogen (secondary N) is 2. The molecule has 8 aliphatic rings. The van der Waals surface area contributed by atoms with E-state index >= 15 is 0 Å². The zero-order valence-electron chi connectivity index (χ0n) is 40.4. The molecule has 15 heteroatoms. The lowest BCUT2D eigenvalue weighted by Crippen LogP contribution is -2.41. The fourth-order valence-electron chi connectivity index (χ4n) is 13.2. The van der Waals surface area contributed by atoms with Crippen LogP contribution >= 0.6 is 23.2 Å². The number of hydrogen-bond acceptors (Lipinski definition) is 9. The second-order valence-corrected chi connectivity index (χ2v) is 21.9. The molecule has 2 N–H and O–H groups in total. The van der Waals surface area contributed by atoms with Crippen LogP contribution in [0.3, 0.4) is 0 Å². The molecule has 5 aliphatic carbocycles. The van der Waals surface area contributed by atoms with E-state index in [0.717, 1.165) is 103 Å². The first-order valence-corrected chi connectivity index (χ1v) is 26.8. The van der Waals surface area contributed by atoms with Crippen LogP contribution in [0.1, 0.15) is 140 Å². The number of rotatable bonds is 8. The van der Waals surface area contributed by atoms with Gasteiger partial charge >= 0.3 is 0 Å². The zero-order valence-corrected chi connectivity index (χ0v) is 41.9. The van der Waals surface area contributed by atoms with Gasteiger partial charge in [-0.05, 0) is 145 Å². The number of hydrazone groups is 2. The van der Waals surface area contributed by atoms with E-state index in [4.69, 9.17) is 56.5 Å². The summed E-state index contributed by atoms with van der Waals surface area (Å²) in [7, 11) is 2.08. The minimum absolute atomic E-state index is 0.0600. The van der Waals surface area contributed by atoms with Gasteiger partial charge in [-0.3, -0.25) is 19.6 Å². The standard InChI is InChI=1S/C28H31ClN6O.C28H30ClN5O/c1-30-24-10-7-19(15-22(24)29)35-27(17-5-3-4-6-17)21-9-11-23-20(26(21)33-35)8-12-25(32-23)28(36)31-18-13-14-34(2)16-18;1-30-24-13-10-19(16-22(24)29)34-27(17-6-2-3-7-17)21-12-14-23-20(26(21)33-34)11-15-25(32-23)28(35)31-18-8-4-5-9-18/h7-8,10,12,15,17-18,21,27H,3-6,9,11,13-14,16H2,2H3,(H,31,36);10-11,13,15-18,21,27H,2-9,12,14H2,(H,31,35)/t18-,21?,27?;/m0./s1. The third-order valence-corrected chi connectivity index (χ3v) is 17.3. The van der Waals surface area contributed by atoms with Gasteiger partial charge in [0.2, 0.25) is 11.4 Å². The second-order valence-electron chi connectivity index (χ2n) is 21.1. The molecule has 13 nitrogen and oxygen atoms in total. The maximum atomic E-state index is 12.9. The molecule has 71 heavy (non-hydrogen) atoms. The van der Waals surface area contributed by atoms with Gasteiger partial charge in [-0.1, -0.05) is 73.9 Å². The number of fused-ring (bicyclic) bond motifs is 6. The minimum Gasteiger partial charge on any atom is -0.348 e. The molecule has 0 spiro atoms. The number of nitrogens with zero attached hydrogens (tertiary/aromatic N) is 9. The van der Waals surface area contributed by atoms with E-state index in [1.54, 1.807) is 12.1 Å². The Balaban J connectivity index is 0.000000154. The molecule has 0 radical (unpaired) electrons. The molecule has 5 heterocycles. The van der Waals surface area contributed by atoms with E-state index in [0.29, 0.717) is 62.5 Å². The van der Waals surface area contributed by atoms with Crippen LogP contribution in [0.5, 0.6) is 0 Å². The van der Waals surface area contributed by atoms with Gasteiger partial charge in [0, 0.05) is 51.6 Å². The number of anilines is 2. The van der Waals surface area contributed by atoms with E-state index in [2.05, 4.69) is 48.4 Å². The summed E-state index contributed by atoms with van der Waals surface area (Å²) in [4.78, 5) is 44.6. The summed E-state index contributed by atoms with van der Waals surface area (Å²) in [6, 6.07) is 20.2. The Morgan fingerprint density at radius 3 is 1.46 bits per heavy atom. The summed E-state index contributed by atoms with van der Waals surface area (Å²) >= 11 is 12.8. The van der Waals surface area contributed by atoms with E-state index in [9.17, 15) is 9.59 Å². The highest BCUT2D eigenvalue weighted by Gasteiger charge is 2.48. The van der Waals surface area contributed by atoms with Crippen LogP contribution in [-0.2, 0) is 12.8 Å². The van der Waals surface area contributed by atoms with Crippen molar-refractivity contribution in [1.29, 1.82) is 0 Å². The Kier molecular flexibility index (Phi) is 13.6. The summed E-state index contributed by atoms with van der Waals surface area (Å²) in [6.07, 6.45) is 19.1. The average molecular weight is 991 g/mol. The second kappa shape index (κ2) is 20.3. The third-order valence-electron chi connectivity index (χ3n) is 16.7. The molecule has 366 valence electrons. The lowest BCUT2D eigenvalue weighted by molar-refractivity contribution is 0.0924. The predicted octanol–water partition coefficient (Wildman–Crippen LogP) is 11.4. The van der Waals surface area contributed by atoms with E-state index in [1.807, 2.05) is 42.5 Å². The number of likely N-dealkylation sites (N-methyl/N-ethyl adjacent to an activating group) is 1. The van der Waals surface area contributed by atoms with Crippen molar-refractivity contribution in [3.8, 4) is 0 Å². The highest BCUT2D eigenvalue weighted by molar-refractivity contribution is 6.34. The largest absolute Gasteiger partial charge is 0.348 e. The number of hydrogen-bond donors (Lipinski definition) is 2. The topological polar surface area (TPSA) is 127 Å². The van der Waals surface area contributed by atoms with Gasteiger partial charge in [0.25, 0.3) is 11.8 Å². The summed E-state index contributed by atoms with van der Waals surface area (Å²) in [6.45, 7) is 16.6. The molecule has 4 fully saturated rings. The van der Waals surface area contributed by atoms with Gasteiger partial charge < -0.3 is 15.5 Å². The highest BCUT2D eigenvalue weighted by Crippen LogP contribution is 2.47. The van der Waals surface area contributed by atoms with E-state index in [-0.39, 0.29) is 29.9 Å². The fraction of sp³-hybridized carbons (Fsp3) is 0.500. The smallest absolute Gasteiger partial charge is 0.270 e. The van der Waals surface area contributed by atoms with Gasteiger partial charge in [0.05, 0.1) is 59.4 Å². The number of amides is 2. The number of aromatic nitrogens is 2. The number of halogens is 2. The van der Waals surface area contributed by atoms with E-state index < -0.39 is 0 Å². The highest BCUT2D eigenvalue weighted by atomic mass is 35.5. The Morgan fingerprint density at radius 1 is 0.592 bits per heavy atom. The first kappa shape index (κ1) is 47.5. The van der Waals surface area contributed by atoms with Crippen molar-refractivity contribution < 1.29 is 9.59 Å². The van der Waals surface area contributed by atoms with Gasteiger partial charge in [-0.15, -0.1) is 0 Å². The van der Waals surface area contributed by atoms with Crippen molar-refractivity contribution in [3.05, 3.63) is 127 Å². The average Bonchev–Trinajstić information content (AvgIpc) is 4.26. The van der Waals surface area contributed by atoms with Gasteiger partial charge in [-0.25, -0.2) is 19.7 Å². The number of aryl methyl sites for hydroxylation is 2. The van der Waals surface area contributed by atoms with Crippen LogP contribution < -0.4 is 20.7 Å². The summed E-state index contributed by atoms with van der Waals surface area (Å²) in [5.41, 5.74) is 10.1. The first-order valence-electron chi connectivity index (χ1n) is 26.0. The van der Waals surface area contributed by atoms with Crippen molar-refractivity contribution in [3.63, 3.8) is 0 Å². The molecule has 2 amide bonds. The molecule has 4 aromatic rings. The molecule has 3 saturated carbocycles. The lowest BCUT2D eigenvalue weighted by Gasteiger charge is -2.34. The quantitative estimate of drug-likeness (QED) is 0.168. The minimum atomic E-state index is -0.0893. The summed E-state index contributed by atoms with van der Waals surface area (Å²) in [5, 5.41) is 21.9. The SMILES string of the molecule is [C-]#[N+]c1ccc(N2N=C3c4ccc(C(=O)NC5CCCC5)nc4CCC3C2C2CCCC2)cc1Cl.[C-]#[N+]c1ccc(N2N=C3c4ccc(C(=O)N[C@H]5CCN(C)C5)nc4CCC3C2C2CCCC2)cc1Cl.